The van der Waals surface area contributed by atoms with Crippen LogP contribution in [0.5, 0.6) is 0 Å². The Morgan fingerprint density at radius 2 is 2.06 bits per heavy atom. The number of benzene rings is 1. The molecule has 1 N–H and O–H groups in total. The second-order valence-electron chi connectivity index (χ2n) is 5.05. The van der Waals surface area contributed by atoms with Crippen LogP contribution >= 0.6 is 0 Å². The molecule has 0 radical (unpaired) electrons. The molecule has 3 rings (SSSR count). The molecule has 0 bridgehead atoms. The molecule has 1 aromatic carbocycles. The van der Waals surface area contributed by atoms with Gasteiger partial charge in [-0.15, -0.1) is 0 Å². The quantitative estimate of drug-likeness (QED) is 0.762. The summed E-state index contributed by atoms with van der Waals surface area (Å²) >= 11 is 0. The Balaban J connectivity index is 1.79. The van der Waals surface area contributed by atoms with Gasteiger partial charge in [0.2, 0.25) is 0 Å². The van der Waals surface area contributed by atoms with Gasteiger partial charge in [-0.2, -0.15) is 0 Å². The average molecular weight is 237 g/mol. The first kappa shape index (κ1) is 11.3. The minimum atomic E-state index is -0.0546. The number of hydrogen-bond acceptors (Lipinski definition) is 3. The molecule has 1 aromatic rings. The molecular formula is C14H16BN3. The van der Waals surface area contributed by atoms with Crippen molar-refractivity contribution in [3.63, 3.8) is 0 Å². The summed E-state index contributed by atoms with van der Waals surface area (Å²) < 4.78 is 0. The van der Waals surface area contributed by atoms with Crippen molar-refractivity contribution < 1.29 is 0 Å². The lowest BCUT2D eigenvalue weighted by atomic mass is 9.49. The fourth-order valence-electron chi connectivity index (χ4n) is 2.77. The van der Waals surface area contributed by atoms with Crippen LogP contribution in [0, 0.1) is 11.2 Å². The van der Waals surface area contributed by atoms with E-state index >= 15 is 0 Å². The van der Waals surface area contributed by atoms with E-state index in [1.54, 1.807) is 0 Å². The van der Waals surface area contributed by atoms with Crippen LogP contribution in [0.3, 0.4) is 0 Å². The van der Waals surface area contributed by atoms with Crippen LogP contribution in [-0.4, -0.2) is 19.0 Å². The van der Waals surface area contributed by atoms with Crippen molar-refractivity contribution >= 4 is 18.1 Å². The Labute approximate surface area is 108 Å². The first-order valence-corrected chi connectivity index (χ1v) is 6.69. The maximum Gasteiger partial charge on any atom is 0.344 e. The summed E-state index contributed by atoms with van der Waals surface area (Å²) in [5, 5.41) is 12.4. The van der Waals surface area contributed by atoms with Gasteiger partial charge in [0.05, 0.1) is 5.73 Å². The topological polar surface area (TPSA) is 48.2 Å². The van der Waals surface area contributed by atoms with Crippen LogP contribution in [0.2, 0.25) is 6.32 Å². The zero-order valence-corrected chi connectivity index (χ0v) is 10.4. The van der Waals surface area contributed by atoms with Crippen molar-refractivity contribution in [1.82, 2.24) is 0 Å². The number of amidine groups is 1. The molecular weight excluding hydrogens is 221 g/mol. The average Bonchev–Trinajstić information content (AvgIpc) is 2.86. The van der Waals surface area contributed by atoms with E-state index in [0.29, 0.717) is 0 Å². The van der Waals surface area contributed by atoms with Gasteiger partial charge in [-0.25, -0.2) is 5.26 Å². The summed E-state index contributed by atoms with van der Waals surface area (Å²) in [6.45, 7) is 0.715. The zero-order chi connectivity index (χ0) is 12.4. The van der Waals surface area contributed by atoms with Gasteiger partial charge < -0.3 is 5.32 Å². The van der Waals surface area contributed by atoms with Crippen LogP contribution in [0.4, 0.5) is 5.69 Å². The highest BCUT2D eigenvalue weighted by atomic mass is 15.0. The summed E-state index contributed by atoms with van der Waals surface area (Å²) in [7, 11) is 0. The van der Waals surface area contributed by atoms with E-state index in [1.165, 1.54) is 36.8 Å². The number of aliphatic imine (C=N–C) groups is 1. The molecule has 0 aromatic heterocycles. The number of fused-ring (bicyclic) bond motifs is 1. The zero-order valence-electron chi connectivity index (χ0n) is 10.4. The molecule has 0 fully saturated rings. The van der Waals surface area contributed by atoms with E-state index < -0.39 is 0 Å². The maximum atomic E-state index is 9.04. The second-order valence-corrected chi connectivity index (χ2v) is 5.05. The fourth-order valence-corrected chi connectivity index (χ4v) is 2.77. The smallest absolute Gasteiger partial charge is 0.344 e. The number of nitriles is 1. The summed E-state index contributed by atoms with van der Waals surface area (Å²) in [6, 6.07) is 6.55. The molecule has 90 valence electrons. The van der Waals surface area contributed by atoms with E-state index in [0.717, 1.165) is 24.3 Å². The molecule has 0 unspecified atom stereocenters. The molecule has 2 aliphatic rings. The third-order valence-electron chi connectivity index (χ3n) is 3.81. The number of aryl methyl sites for hydroxylation is 2. The van der Waals surface area contributed by atoms with Crippen LogP contribution in [0.1, 0.15) is 24.0 Å². The summed E-state index contributed by atoms with van der Waals surface area (Å²) in [5.74, 6) is 2.30. The van der Waals surface area contributed by atoms with Crippen molar-refractivity contribution in [2.75, 3.05) is 11.9 Å². The van der Waals surface area contributed by atoms with Gasteiger partial charge >= 0.3 is 6.71 Å². The molecule has 0 amide bonds. The molecule has 3 nitrogen and oxygen atoms in total. The van der Waals surface area contributed by atoms with Crippen LogP contribution in [-0.2, 0) is 12.8 Å². The summed E-state index contributed by atoms with van der Waals surface area (Å²) in [4.78, 5) is 4.38. The Hall–Kier alpha value is -1.76. The highest BCUT2D eigenvalue weighted by Gasteiger charge is 2.26. The first-order chi connectivity index (χ1) is 8.86. The van der Waals surface area contributed by atoms with Gasteiger partial charge in [0.1, 0.15) is 0 Å². The highest BCUT2D eigenvalue weighted by molar-refractivity contribution is 6.98. The van der Waals surface area contributed by atoms with E-state index in [4.69, 9.17) is 5.26 Å². The summed E-state index contributed by atoms with van der Waals surface area (Å²) in [6.07, 6.45) is 5.83. The van der Waals surface area contributed by atoms with Crippen molar-refractivity contribution in [3.05, 3.63) is 29.3 Å². The number of nitrogens with zero attached hydrogens (tertiary/aromatic N) is 2. The molecule has 1 aliphatic carbocycles. The van der Waals surface area contributed by atoms with Crippen LogP contribution in [0.15, 0.2) is 23.2 Å². The number of anilines is 1. The van der Waals surface area contributed by atoms with Crippen molar-refractivity contribution in [2.45, 2.75) is 32.0 Å². The highest BCUT2D eigenvalue weighted by Crippen LogP contribution is 2.24. The second kappa shape index (κ2) is 4.85. The van der Waals surface area contributed by atoms with Gasteiger partial charge in [-0.05, 0) is 55.3 Å². The van der Waals surface area contributed by atoms with Crippen LogP contribution in [0.25, 0.3) is 0 Å². The number of nitrogens with one attached hydrogen (secondary N) is 1. The summed E-state index contributed by atoms with van der Waals surface area (Å²) in [5.41, 5.74) is 4.86. The molecule has 18 heavy (non-hydrogen) atoms. The van der Waals surface area contributed by atoms with E-state index in [9.17, 15) is 0 Å². The standard InChI is InChI=1S/C14H16BN3/c16-10-15-7-8-17-14(15)18-13-6-5-11-3-1-2-4-12(11)9-13/h5-6,9H,1-4,7-8H2,(H,17,18). The lowest BCUT2D eigenvalue weighted by Gasteiger charge is -2.17. The lowest BCUT2D eigenvalue weighted by molar-refractivity contribution is 0.686. The normalized spacial score (nSPS) is 17.9. The lowest BCUT2D eigenvalue weighted by Crippen LogP contribution is -2.27. The van der Waals surface area contributed by atoms with Gasteiger partial charge in [0.15, 0.2) is 0 Å². The fraction of sp³-hybridized carbons (Fsp3) is 0.429. The third kappa shape index (κ3) is 2.13. The van der Waals surface area contributed by atoms with Gasteiger partial charge in [-0.1, -0.05) is 6.07 Å². The van der Waals surface area contributed by atoms with E-state index in [-0.39, 0.29) is 6.71 Å². The van der Waals surface area contributed by atoms with Gasteiger partial charge in [-0.3, -0.25) is 4.99 Å². The maximum absolute atomic E-state index is 9.04. The molecule has 4 heteroatoms. The largest absolute Gasteiger partial charge is 0.351 e. The Morgan fingerprint density at radius 3 is 2.89 bits per heavy atom. The van der Waals surface area contributed by atoms with Crippen molar-refractivity contribution in [2.24, 2.45) is 4.99 Å². The Morgan fingerprint density at radius 1 is 1.22 bits per heavy atom. The SMILES string of the molecule is N#CB1CCN=C1Nc1ccc2c(c1)CCCC2. The van der Waals surface area contributed by atoms with Crippen molar-refractivity contribution in [1.29, 1.82) is 5.26 Å². The predicted molar refractivity (Wildman–Crippen MR) is 75.2 cm³/mol. The number of rotatable bonds is 1. The minimum absolute atomic E-state index is 0.0546. The molecule has 1 aliphatic heterocycles. The molecule has 0 atom stereocenters. The number of hydrogen-bond donors (Lipinski definition) is 1. The van der Waals surface area contributed by atoms with Gasteiger partial charge in [0.25, 0.3) is 0 Å². The predicted octanol–water partition coefficient (Wildman–Crippen LogP) is 2.49. The monoisotopic (exact) mass is 237 g/mol. The van der Waals surface area contributed by atoms with Crippen LogP contribution < -0.4 is 5.32 Å². The molecule has 0 spiro atoms. The van der Waals surface area contributed by atoms with E-state index in [2.05, 4.69) is 34.5 Å². The minimum Gasteiger partial charge on any atom is -0.351 e. The van der Waals surface area contributed by atoms with Gasteiger partial charge in [0, 0.05) is 18.2 Å². The molecule has 1 heterocycles. The van der Waals surface area contributed by atoms with E-state index in [1.807, 2.05) is 0 Å². The third-order valence-corrected chi connectivity index (χ3v) is 3.81. The molecule has 0 saturated carbocycles. The first-order valence-electron chi connectivity index (χ1n) is 6.69. The Bertz CT molecular complexity index is 530. The Kier molecular flexibility index (Phi) is 3.06. The van der Waals surface area contributed by atoms with Crippen molar-refractivity contribution in [3.8, 4) is 5.97 Å². The molecule has 0 saturated heterocycles.